The van der Waals surface area contributed by atoms with Crippen molar-refractivity contribution in [3.8, 4) is 0 Å². The van der Waals surface area contributed by atoms with E-state index in [1.807, 2.05) is 0 Å². The number of aliphatic carboxylic acids is 2. The first-order valence-electron chi connectivity index (χ1n) is 1.11. The zero-order chi connectivity index (χ0) is 5.15. The third-order valence-electron chi connectivity index (χ3n) is 0.183. The fourth-order valence-corrected chi connectivity index (χ4v) is 0. The molecule has 0 aromatic rings. The van der Waals surface area contributed by atoms with Gasteiger partial charge in [-0.25, -0.2) is 9.59 Å². The van der Waals surface area contributed by atoms with Crippen LogP contribution in [0, 0.1) is 41.7 Å². The van der Waals surface area contributed by atoms with Crippen LogP contribution in [-0.4, -0.2) is 60.5 Å². The van der Waals surface area contributed by atoms with Crippen molar-refractivity contribution in [3.05, 3.63) is 0 Å². The second-order valence-electron chi connectivity index (χ2n) is 0.610. The van der Waals surface area contributed by atoms with Gasteiger partial charge in [-0.2, -0.15) is 0 Å². The molecule has 0 saturated carbocycles. The van der Waals surface area contributed by atoms with E-state index in [0.717, 1.165) is 0 Å². The van der Waals surface area contributed by atoms with Crippen LogP contribution in [0.15, 0.2) is 0 Å². The summed E-state index contributed by atoms with van der Waals surface area (Å²) in [5.41, 5.74) is 0. The Hall–Kier alpha value is 0.0366. The zero-order valence-electron chi connectivity index (χ0n) is 6.71. The second-order valence-corrected chi connectivity index (χ2v) is 0.610. The standard InChI is InChI=1S/C2H2O4.Ce.7H2O/c3-1(4)2(5)6;;;;;;;;/h(H,3,4)(H,5,6);;7*1H2. The van der Waals surface area contributed by atoms with Crippen LogP contribution in [-0.2, 0) is 9.59 Å². The Balaban J connectivity index is -0.00000000446. The molecule has 0 saturated heterocycles. The Morgan fingerprint density at radius 2 is 0.643 bits per heavy atom. The molecule has 0 aliphatic carbocycles. The van der Waals surface area contributed by atoms with Crippen LogP contribution >= 0.6 is 0 Å². The van der Waals surface area contributed by atoms with Crippen molar-refractivity contribution in [2.45, 2.75) is 0 Å². The number of carboxylic acid groups (broad SMARTS) is 2. The molecular weight excluding hydrogens is 340 g/mol. The van der Waals surface area contributed by atoms with E-state index in [1.165, 1.54) is 0 Å². The Kier molecular flexibility index (Phi) is 348. The maximum atomic E-state index is 9.10. The van der Waals surface area contributed by atoms with Gasteiger partial charge in [0, 0.05) is 41.7 Å². The zero-order valence-corrected chi connectivity index (χ0v) is 9.85. The van der Waals surface area contributed by atoms with Crippen LogP contribution in [0.2, 0.25) is 0 Å². The Bertz CT molecular complexity index is 79.3. The average molecular weight is 356 g/mol. The topological polar surface area (TPSA) is 295 Å². The summed E-state index contributed by atoms with van der Waals surface area (Å²) in [7, 11) is 0. The van der Waals surface area contributed by atoms with Crippen LogP contribution in [0.4, 0.5) is 0 Å². The van der Waals surface area contributed by atoms with Crippen LogP contribution in [0.1, 0.15) is 0 Å². The van der Waals surface area contributed by atoms with Gasteiger partial charge in [0.2, 0.25) is 0 Å². The van der Waals surface area contributed by atoms with Gasteiger partial charge in [0.15, 0.2) is 0 Å². The largest absolute Gasteiger partial charge is 0.473 e. The minimum Gasteiger partial charge on any atom is -0.473 e. The van der Waals surface area contributed by atoms with Gasteiger partial charge < -0.3 is 48.5 Å². The quantitative estimate of drug-likeness (QED) is 0.399. The van der Waals surface area contributed by atoms with E-state index in [1.54, 1.807) is 0 Å². The van der Waals surface area contributed by atoms with Crippen molar-refractivity contribution >= 4 is 11.9 Å². The van der Waals surface area contributed by atoms with Crippen molar-refractivity contribution in [1.82, 2.24) is 0 Å². The van der Waals surface area contributed by atoms with Gasteiger partial charge in [0.25, 0.3) is 0 Å². The van der Waals surface area contributed by atoms with Gasteiger partial charge >= 0.3 is 11.9 Å². The first-order valence-corrected chi connectivity index (χ1v) is 1.11. The smallest absolute Gasteiger partial charge is 0.414 e. The molecule has 0 aromatic carbocycles. The third kappa shape index (κ3) is 90.0. The summed E-state index contributed by atoms with van der Waals surface area (Å²) in [5, 5.41) is 14.8. The fraction of sp³-hybridized carbons (Fsp3) is 0. The average Bonchev–Trinajstić information content (AvgIpc) is 1.36. The molecule has 0 rings (SSSR count). The number of hydrogen-bond donors (Lipinski definition) is 2. The molecule has 0 aliphatic heterocycles. The normalized spacial score (nSPS) is 3.14. The van der Waals surface area contributed by atoms with Gasteiger partial charge in [0.05, 0.1) is 0 Å². The van der Waals surface area contributed by atoms with Crippen molar-refractivity contribution in [2.75, 3.05) is 0 Å². The summed E-state index contributed by atoms with van der Waals surface area (Å²) in [6, 6.07) is 0. The molecular formula is C2H16CeO11. The van der Waals surface area contributed by atoms with Crippen LogP contribution in [0.5, 0.6) is 0 Å². The molecule has 14 heavy (non-hydrogen) atoms. The molecule has 11 nitrogen and oxygen atoms in total. The van der Waals surface area contributed by atoms with Gasteiger partial charge in [-0.15, -0.1) is 0 Å². The van der Waals surface area contributed by atoms with E-state index in [4.69, 9.17) is 19.8 Å². The van der Waals surface area contributed by atoms with Crippen molar-refractivity contribution in [1.29, 1.82) is 0 Å². The molecule has 12 heteroatoms. The molecule has 0 bridgehead atoms. The Morgan fingerprint density at radius 1 is 0.571 bits per heavy atom. The maximum Gasteiger partial charge on any atom is 0.414 e. The molecule has 94 valence electrons. The van der Waals surface area contributed by atoms with Crippen LogP contribution < -0.4 is 0 Å². The second kappa shape index (κ2) is 51.8. The van der Waals surface area contributed by atoms with E-state index in [0.29, 0.717) is 0 Å². The first kappa shape index (κ1) is 94.0. The summed E-state index contributed by atoms with van der Waals surface area (Å²) in [6.07, 6.45) is 0. The summed E-state index contributed by atoms with van der Waals surface area (Å²) < 4.78 is 0. The summed E-state index contributed by atoms with van der Waals surface area (Å²) in [6.45, 7) is 0. The van der Waals surface area contributed by atoms with Crippen LogP contribution in [0.25, 0.3) is 0 Å². The van der Waals surface area contributed by atoms with E-state index in [2.05, 4.69) is 0 Å². The van der Waals surface area contributed by atoms with E-state index in [9.17, 15) is 0 Å². The molecule has 0 fully saturated rings. The molecule has 0 aromatic heterocycles. The molecule has 0 spiro atoms. The van der Waals surface area contributed by atoms with Gasteiger partial charge in [0.1, 0.15) is 0 Å². The van der Waals surface area contributed by atoms with E-state index < -0.39 is 11.9 Å². The van der Waals surface area contributed by atoms with Crippen molar-refractivity contribution in [3.63, 3.8) is 0 Å². The molecule has 0 heterocycles. The molecule has 0 aliphatic rings. The SMILES string of the molecule is O.O.O.O.O.O.O.O=C(O)C(=O)O.[Ce]. The summed E-state index contributed by atoms with van der Waals surface area (Å²) >= 11 is 0. The van der Waals surface area contributed by atoms with Gasteiger partial charge in [-0.1, -0.05) is 0 Å². The predicted octanol–water partition coefficient (Wildman–Crippen LogP) is -6.62. The summed E-state index contributed by atoms with van der Waals surface area (Å²) in [5.74, 6) is -3.65. The first-order chi connectivity index (χ1) is 2.64. The molecule has 16 N–H and O–H groups in total. The monoisotopic (exact) mass is 356 g/mol. The van der Waals surface area contributed by atoms with Gasteiger partial charge in [-0.05, 0) is 0 Å². The van der Waals surface area contributed by atoms with Gasteiger partial charge in [-0.3, -0.25) is 0 Å². The molecule has 0 atom stereocenters. The third-order valence-corrected chi connectivity index (χ3v) is 0.183. The van der Waals surface area contributed by atoms with Crippen molar-refractivity contribution < 1.29 is 99.9 Å². The van der Waals surface area contributed by atoms with Crippen molar-refractivity contribution in [2.24, 2.45) is 0 Å². The predicted molar refractivity (Wildman–Crippen MR) is 40.6 cm³/mol. The fourth-order valence-electron chi connectivity index (χ4n) is 0. The molecule has 0 amide bonds. The number of rotatable bonds is 0. The number of hydrogen-bond acceptors (Lipinski definition) is 2. The van der Waals surface area contributed by atoms with Crippen LogP contribution in [0.3, 0.4) is 0 Å². The molecule has 0 unspecified atom stereocenters. The Morgan fingerprint density at radius 3 is 0.643 bits per heavy atom. The minimum absolute atomic E-state index is 0. The van der Waals surface area contributed by atoms with E-state index in [-0.39, 0.29) is 80.1 Å². The maximum absolute atomic E-state index is 9.10. The number of carboxylic acids is 2. The minimum atomic E-state index is -1.82. The molecule has 0 radical (unpaired) electrons. The Labute approximate surface area is 111 Å². The number of carbonyl (C=O) groups is 2. The van der Waals surface area contributed by atoms with E-state index >= 15 is 0 Å². The summed E-state index contributed by atoms with van der Waals surface area (Å²) in [4.78, 5) is 18.2.